The number of furan rings is 1. The van der Waals surface area contributed by atoms with Crippen LogP contribution in [0.3, 0.4) is 0 Å². The standard InChI is InChI=1S/C14H20N2O7S/c1-9-12(24(20,21)15(2)3)7-11(23-9)14(19)16-4-5-22-10(8-16)6-13(17)18/h7,10H,4-6,8H2,1-3H3,(H,17,18). The van der Waals surface area contributed by atoms with Crippen LogP contribution in [-0.4, -0.2) is 74.5 Å². The molecule has 2 rings (SSSR count). The second-order valence-electron chi connectivity index (χ2n) is 5.66. The van der Waals surface area contributed by atoms with Gasteiger partial charge < -0.3 is 19.2 Å². The Morgan fingerprint density at radius 1 is 1.42 bits per heavy atom. The molecule has 1 aromatic rings. The smallest absolute Gasteiger partial charge is 0.306 e. The monoisotopic (exact) mass is 360 g/mol. The van der Waals surface area contributed by atoms with Gasteiger partial charge in [0, 0.05) is 33.3 Å². The van der Waals surface area contributed by atoms with Gasteiger partial charge in [-0.05, 0) is 6.92 Å². The lowest BCUT2D eigenvalue weighted by molar-refractivity contribution is -0.141. The van der Waals surface area contributed by atoms with Crippen molar-refractivity contribution in [2.75, 3.05) is 33.8 Å². The van der Waals surface area contributed by atoms with E-state index in [1.54, 1.807) is 0 Å². The molecule has 0 saturated carbocycles. The summed E-state index contributed by atoms with van der Waals surface area (Å²) in [5, 5.41) is 8.82. The first-order valence-electron chi connectivity index (χ1n) is 7.28. The molecule has 9 nitrogen and oxygen atoms in total. The van der Waals surface area contributed by atoms with Crippen molar-refractivity contribution in [1.29, 1.82) is 0 Å². The molecule has 1 aliphatic rings. The van der Waals surface area contributed by atoms with Crippen LogP contribution in [-0.2, 0) is 19.6 Å². The molecular formula is C14H20N2O7S. The van der Waals surface area contributed by atoms with Crippen LogP contribution in [0.15, 0.2) is 15.4 Å². The minimum absolute atomic E-state index is 0.0637. The van der Waals surface area contributed by atoms with Gasteiger partial charge in [-0.1, -0.05) is 0 Å². The van der Waals surface area contributed by atoms with Gasteiger partial charge in [-0.2, -0.15) is 0 Å². The zero-order valence-corrected chi connectivity index (χ0v) is 14.5. The second kappa shape index (κ2) is 6.91. The Morgan fingerprint density at radius 3 is 2.67 bits per heavy atom. The van der Waals surface area contributed by atoms with Gasteiger partial charge in [-0.15, -0.1) is 0 Å². The molecule has 0 spiro atoms. The van der Waals surface area contributed by atoms with E-state index in [2.05, 4.69) is 0 Å². The van der Waals surface area contributed by atoms with Gasteiger partial charge in [0.2, 0.25) is 10.0 Å². The Morgan fingerprint density at radius 2 is 2.08 bits per heavy atom. The van der Waals surface area contributed by atoms with E-state index in [1.807, 2.05) is 0 Å². The maximum atomic E-state index is 12.5. The number of ether oxygens (including phenoxy) is 1. The molecule has 1 saturated heterocycles. The molecule has 0 aromatic carbocycles. The van der Waals surface area contributed by atoms with Gasteiger partial charge in [-0.25, -0.2) is 12.7 Å². The lowest BCUT2D eigenvalue weighted by Crippen LogP contribution is -2.46. The van der Waals surface area contributed by atoms with Crippen LogP contribution in [0.25, 0.3) is 0 Å². The lowest BCUT2D eigenvalue weighted by Gasteiger charge is -2.31. The molecule has 0 aliphatic carbocycles. The fraction of sp³-hybridized carbons (Fsp3) is 0.571. The second-order valence-corrected chi connectivity index (χ2v) is 7.78. The van der Waals surface area contributed by atoms with Crippen LogP contribution in [0, 0.1) is 6.92 Å². The van der Waals surface area contributed by atoms with Gasteiger partial charge in [0.25, 0.3) is 5.91 Å². The molecule has 1 amide bonds. The first-order chi connectivity index (χ1) is 11.1. The highest BCUT2D eigenvalue weighted by Crippen LogP contribution is 2.24. The predicted molar refractivity (Wildman–Crippen MR) is 82.2 cm³/mol. The maximum Gasteiger partial charge on any atom is 0.306 e. The molecule has 1 N–H and O–H groups in total. The number of morpholine rings is 1. The summed E-state index contributed by atoms with van der Waals surface area (Å²) < 4.78 is 36.1. The number of hydrogen-bond donors (Lipinski definition) is 1. The molecule has 24 heavy (non-hydrogen) atoms. The number of carbonyl (C=O) groups excluding carboxylic acids is 1. The topological polar surface area (TPSA) is 117 Å². The fourth-order valence-corrected chi connectivity index (χ4v) is 3.46. The highest BCUT2D eigenvalue weighted by Gasteiger charge is 2.31. The average Bonchev–Trinajstić information content (AvgIpc) is 2.88. The van der Waals surface area contributed by atoms with E-state index >= 15 is 0 Å². The Labute approximate surface area is 139 Å². The SMILES string of the molecule is Cc1oc(C(=O)N2CCOC(CC(=O)O)C2)cc1S(=O)(=O)N(C)C. The highest BCUT2D eigenvalue weighted by molar-refractivity contribution is 7.89. The van der Waals surface area contributed by atoms with Gasteiger partial charge in [0.1, 0.15) is 10.7 Å². The number of hydrogen-bond acceptors (Lipinski definition) is 6. The molecule has 0 radical (unpaired) electrons. The van der Waals surface area contributed by atoms with E-state index in [1.165, 1.54) is 32.0 Å². The van der Waals surface area contributed by atoms with Crippen LogP contribution in [0.5, 0.6) is 0 Å². The first kappa shape index (κ1) is 18.4. The number of aliphatic carboxylic acids is 1. The Bertz CT molecular complexity index is 738. The number of carboxylic acids is 1. The van der Waals surface area contributed by atoms with Crippen LogP contribution in [0.2, 0.25) is 0 Å². The minimum atomic E-state index is -3.71. The summed E-state index contributed by atoms with van der Waals surface area (Å²) in [5.41, 5.74) is 0. The van der Waals surface area contributed by atoms with Crippen LogP contribution in [0.1, 0.15) is 22.7 Å². The van der Waals surface area contributed by atoms with Crippen LogP contribution in [0.4, 0.5) is 0 Å². The normalized spacial score (nSPS) is 18.8. The van der Waals surface area contributed by atoms with Crippen molar-refractivity contribution < 1.29 is 32.3 Å². The third-order valence-electron chi connectivity index (χ3n) is 3.67. The van der Waals surface area contributed by atoms with E-state index in [0.29, 0.717) is 0 Å². The van der Waals surface area contributed by atoms with E-state index in [-0.39, 0.29) is 42.5 Å². The largest absolute Gasteiger partial charge is 0.481 e. The van der Waals surface area contributed by atoms with Crippen molar-refractivity contribution in [3.05, 3.63) is 17.6 Å². The predicted octanol–water partition coefficient (Wildman–Crippen LogP) is 0.154. The third-order valence-corrected chi connectivity index (χ3v) is 5.59. The fourth-order valence-electron chi connectivity index (χ4n) is 2.40. The Kier molecular flexibility index (Phi) is 5.31. The molecule has 10 heteroatoms. The number of amides is 1. The van der Waals surface area contributed by atoms with E-state index < -0.39 is 28.0 Å². The van der Waals surface area contributed by atoms with Crippen molar-refractivity contribution in [3.63, 3.8) is 0 Å². The molecule has 1 unspecified atom stereocenters. The van der Waals surface area contributed by atoms with Crippen molar-refractivity contribution in [2.24, 2.45) is 0 Å². The van der Waals surface area contributed by atoms with Gasteiger partial charge in [-0.3, -0.25) is 9.59 Å². The number of carbonyl (C=O) groups is 2. The summed E-state index contributed by atoms with van der Waals surface area (Å²) in [7, 11) is -0.930. The summed E-state index contributed by atoms with van der Waals surface area (Å²) >= 11 is 0. The van der Waals surface area contributed by atoms with Crippen LogP contribution >= 0.6 is 0 Å². The van der Waals surface area contributed by atoms with Gasteiger partial charge in [0.05, 0.1) is 19.1 Å². The van der Waals surface area contributed by atoms with Crippen LogP contribution < -0.4 is 0 Å². The van der Waals surface area contributed by atoms with E-state index in [0.717, 1.165) is 4.31 Å². The molecule has 1 aliphatic heterocycles. The number of sulfonamides is 1. The highest BCUT2D eigenvalue weighted by atomic mass is 32.2. The number of carboxylic acid groups (broad SMARTS) is 1. The summed E-state index contributed by atoms with van der Waals surface area (Å²) in [4.78, 5) is 24.6. The average molecular weight is 360 g/mol. The summed E-state index contributed by atoms with van der Waals surface area (Å²) in [6, 6.07) is 1.20. The maximum absolute atomic E-state index is 12.5. The van der Waals surface area contributed by atoms with E-state index in [4.69, 9.17) is 14.3 Å². The molecular weight excluding hydrogens is 340 g/mol. The lowest BCUT2D eigenvalue weighted by atomic mass is 10.2. The summed E-state index contributed by atoms with van der Waals surface area (Å²) in [5.74, 6) is -1.47. The zero-order valence-electron chi connectivity index (χ0n) is 13.7. The van der Waals surface area contributed by atoms with E-state index in [9.17, 15) is 18.0 Å². The van der Waals surface area contributed by atoms with Gasteiger partial charge >= 0.3 is 5.97 Å². The van der Waals surface area contributed by atoms with Crippen molar-refractivity contribution in [1.82, 2.24) is 9.21 Å². The quantitative estimate of drug-likeness (QED) is 0.794. The third kappa shape index (κ3) is 3.77. The molecule has 1 fully saturated rings. The molecule has 1 aromatic heterocycles. The molecule has 0 bridgehead atoms. The summed E-state index contributed by atoms with van der Waals surface area (Å²) in [6.45, 7) is 2.08. The van der Waals surface area contributed by atoms with Crippen molar-refractivity contribution >= 4 is 21.9 Å². The van der Waals surface area contributed by atoms with Crippen molar-refractivity contribution in [2.45, 2.75) is 24.3 Å². The Hall–Kier alpha value is -1.91. The molecule has 134 valence electrons. The van der Waals surface area contributed by atoms with Crippen molar-refractivity contribution in [3.8, 4) is 0 Å². The minimum Gasteiger partial charge on any atom is -0.481 e. The first-order valence-corrected chi connectivity index (χ1v) is 8.72. The number of rotatable bonds is 5. The van der Waals surface area contributed by atoms with Gasteiger partial charge in [0.15, 0.2) is 5.76 Å². The molecule has 1 atom stereocenters. The Balaban J connectivity index is 2.20. The zero-order chi connectivity index (χ0) is 18.1. The number of aryl methyl sites for hydroxylation is 1. The summed E-state index contributed by atoms with van der Waals surface area (Å²) in [6.07, 6.45) is -0.803. The molecule has 2 heterocycles. The number of nitrogens with zero attached hydrogens (tertiary/aromatic N) is 2.